The van der Waals surface area contributed by atoms with Crippen LogP contribution in [-0.4, -0.2) is 0 Å². The zero-order valence-corrected chi connectivity index (χ0v) is 16.5. The molecule has 0 bridgehead atoms. The third kappa shape index (κ3) is 5.79. The minimum absolute atomic E-state index is 0.0426. The van der Waals surface area contributed by atoms with Gasteiger partial charge in [0.05, 0.1) is 11.5 Å². The van der Waals surface area contributed by atoms with Gasteiger partial charge in [-0.25, -0.2) is 0 Å². The predicted molar refractivity (Wildman–Crippen MR) is 104 cm³/mol. The van der Waals surface area contributed by atoms with E-state index < -0.39 is 0 Å². The number of nitriles is 1. The van der Waals surface area contributed by atoms with Gasteiger partial charge in [0.25, 0.3) is 0 Å². The molecular weight excluding hydrogens is 290 g/mol. The first-order chi connectivity index (χ1) is 11.7. The van der Waals surface area contributed by atoms with Gasteiger partial charge < -0.3 is 0 Å². The maximum absolute atomic E-state index is 9.59. The molecule has 24 heavy (non-hydrogen) atoms. The van der Waals surface area contributed by atoms with Gasteiger partial charge in [-0.3, -0.25) is 0 Å². The molecular formula is C23H41N. The SMILES string of the molecule is CCCCCCCC1CCC([C@H]2CC[C@](C#N)(CCC)CC2)CC1. The Hall–Kier alpha value is -0.510. The highest BCUT2D eigenvalue weighted by Gasteiger charge is 2.37. The number of nitrogens with zero attached hydrogens (tertiary/aromatic N) is 1. The molecule has 0 radical (unpaired) electrons. The Labute approximate surface area is 151 Å². The Balaban J connectivity index is 1.64. The fourth-order valence-corrected chi connectivity index (χ4v) is 5.55. The summed E-state index contributed by atoms with van der Waals surface area (Å²) in [4.78, 5) is 0. The topological polar surface area (TPSA) is 23.8 Å². The zero-order valence-electron chi connectivity index (χ0n) is 16.5. The van der Waals surface area contributed by atoms with Gasteiger partial charge in [0.15, 0.2) is 0 Å². The lowest BCUT2D eigenvalue weighted by Gasteiger charge is -2.40. The van der Waals surface area contributed by atoms with E-state index in [1.807, 2.05) is 0 Å². The van der Waals surface area contributed by atoms with E-state index in [1.54, 1.807) is 0 Å². The minimum atomic E-state index is 0.0426. The van der Waals surface area contributed by atoms with Gasteiger partial charge in [0.1, 0.15) is 0 Å². The van der Waals surface area contributed by atoms with E-state index in [9.17, 15) is 5.26 Å². The molecule has 0 spiro atoms. The zero-order chi connectivity index (χ0) is 17.3. The standard InChI is InChI=1S/C23H41N/c1-3-5-6-7-8-9-20-10-12-21(13-11-20)22-14-17-23(19-24,16-4-2)18-15-22/h20-22H,3-18H2,1-2H3/t20?,21?,22-,23+. The van der Waals surface area contributed by atoms with E-state index in [0.717, 1.165) is 24.2 Å². The maximum Gasteiger partial charge on any atom is 0.0689 e. The van der Waals surface area contributed by atoms with Gasteiger partial charge in [-0.1, -0.05) is 71.6 Å². The van der Waals surface area contributed by atoms with E-state index in [2.05, 4.69) is 19.9 Å². The maximum atomic E-state index is 9.59. The van der Waals surface area contributed by atoms with Crippen molar-refractivity contribution < 1.29 is 0 Å². The summed E-state index contributed by atoms with van der Waals surface area (Å²) in [6, 6.07) is 2.69. The summed E-state index contributed by atoms with van der Waals surface area (Å²) < 4.78 is 0. The van der Waals surface area contributed by atoms with Crippen LogP contribution in [-0.2, 0) is 0 Å². The van der Waals surface area contributed by atoms with Gasteiger partial charge in [0, 0.05) is 0 Å². The summed E-state index contributed by atoms with van der Waals surface area (Å²) in [5, 5.41) is 9.59. The van der Waals surface area contributed by atoms with Gasteiger partial charge >= 0.3 is 0 Å². The van der Waals surface area contributed by atoms with Crippen molar-refractivity contribution >= 4 is 0 Å². The number of unbranched alkanes of at least 4 members (excludes halogenated alkanes) is 4. The highest BCUT2D eigenvalue weighted by Crippen LogP contribution is 2.47. The summed E-state index contributed by atoms with van der Waals surface area (Å²) >= 11 is 0. The van der Waals surface area contributed by atoms with Crippen LogP contribution in [0.5, 0.6) is 0 Å². The number of rotatable bonds is 9. The fourth-order valence-electron chi connectivity index (χ4n) is 5.55. The van der Waals surface area contributed by atoms with Crippen LogP contribution in [0.3, 0.4) is 0 Å². The molecule has 2 saturated carbocycles. The van der Waals surface area contributed by atoms with E-state index in [0.29, 0.717) is 0 Å². The fraction of sp³-hybridized carbons (Fsp3) is 0.957. The second-order valence-electron chi connectivity index (χ2n) is 8.96. The monoisotopic (exact) mass is 331 g/mol. The van der Waals surface area contributed by atoms with Crippen molar-refractivity contribution in [1.29, 1.82) is 5.26 Å². The van der Waals surface area contributed by atoms with Crippen LogP contribution >= 0.6 is 0 Å². The summed E-state index contributed by atoms with van der Waals surface area (Å²) in [5.74, 6) is 2.96. The molecule has 0 heterocycles. The molecule has 1 nitrogen and oxygen atoms in total. The molecule has 0 amide bonds. The normalized spacial score (nSPS) is 34.0. The van der Waals surface area contributed by atoms with Crippen molar-refractivity contribution in [2.75, 3.05) is 0 Å². The first-order valence-electron chi connectivity index (χ1n) is 11.1. The van der Waals surface area contributed by atoms with Crippen molar-refractivity contribution in [2.24, 2.45) is 23.2 Å². The van der Waals surface area contributed by atoms with E-state index in [1.165, 1.54) is 96.3 Å². The van der Waals surface area contributed by atoms with E-state index in [-0.39, 0.29) is 5.41 Å². The largest absolute Gasteiger partial charge is 0.198 e. The summed E-state index contributed by atoms with van der Waals surface area (Å²) in [7, 11) is 0. The van der Waals surface area contributed by atoms with Gasteiger partial charge in [-0.15, -0.1) is 0 Å². The Kier molecular flexibility index (Phi) is 8.65. The van der Waals surface area contributed by atoms with Crippen LogP contribution in [0.1, 0.15) is 117 Å². The van der Waals surface area contributed by atoms with Crippen LogP contribution in [0, 0.1) is 34.5 Å². The molecule has 0 unspecified atom stereocenters. The molecule has 0 saturated heterocycles. The summed E-state index contributed by atoms with van der Waals surface area (Å²) in [6.45, 7) is 4.53. The Morgan fingerprint density at radius 3 is 2.00 bits per heavy atom. The van der Waals surface area contributed by atoms with Gasteiger partial charge in [-0.05, 0) is 62.7 Å². The third-order valence-corrected chi connectivity index (χ3v) is 7.23. The highest BCUT2D eigenvalue weighted by atomic mass is 14.4. The van der Waals surface area contributed by atoms with Crippen LogP contribution in [0.4, 0.5) is 0 Å². The molecule has 1 heteroatoms. The van der Waals surface area contributed by atoms with Crippen LogP contribution in [0.15, 0.2) is 0 Å². The molecule has 138 valence electrons. The van der Waals surface area contributed by atoms with Gasteiger partial charge in [-0.2, -0.15) is 5.26 Å². The highest BCUT2D eigenvalue weighted by molar-refractivity contribution is 5.02. The molecule has 2 fully saturated rings. The van der Waals surface area contributed by atoms with Crippen molar-refractivity contribution in [3.05, 3.63) is 0 Å². The Bertz CT molecular complexity index is 364. The van der Waals surface area contributed by atoms with Crippen LogP contribution in [0.2, 0.25) is 0 Å². The molecule has 0 N–H and O–H groups in total. The van der Waals surface area contributed by atoms with Crippen molar-refractivity contribution in [1.82, 2.24) is 0 Å². The smallest absolute Gasteiger partial charge is 0.0689 e. The average molecular weight is 332 g/mol. The molecule has 2 rings (SSSR count). The van der Waals surface area contributed by atoms with Crippen molar-refractivity contribution in [2.45, 2.75) is 117 Å². The molecule has 2 aliphatic rings. The van der Waals surface area contributed by atoms with Crippen LogP contribution < -0.4 is 0 Å². The van der Waals surface area contributed by atoms with E-state index >= 15 is 0 Å². The first kappa shape index (κ1) is 19.8. The molecule has 0 atom stereocenters. The predicted octanol–water partition coefficient (Wildman–Crippen LogP) is 7.65. The molecule has 0 aliphatic heterocycles. The van der Waals surface area contributed by atoms with Crippen molar-refractivity contribution in [3.8, 4) is 6.07 Å². The van der Waals surface area contributed by atoms with Crippen LogP contribution in [0.25, 0.3) is 0 Å². The second kappa shape index (κ2) is 10.5. The number of hydrogen-bond donors (Lipinski definition) is 0. The molecule has 0 aromatic rings. The second-order valence-corrected chi connectivity index (χ2v) is 8.96. The lowest BCUT2D eigenvalue weighted by molar-refractivity contribution is 0.115. The first-order valence-corrected chi connectivity index (χ1v) is 11.1. The lowest BCUT2D eigenvalue weighted by atomic mass is 9.63. The number of hydrogen-bond acceptors (Lipinski definition) is 1. The quantitative estimate of drug-likeness (QED) is 0.398. The average Bonchev–Trinajstić information content (AvgIpc) is 2.63. The Morgan fingerprint density at radius 1 is 0.792 bits per heavy atom. The minimum Gasteiger partial charge on any atom is -0.198 e. The van der Waals surface area contributed by atoms with Gasteiger partial charge in [0.2, 0.25) is 0 Å². The Morgan fingerprint density at radius 2 is 1.42 bits per heavy atom. The molecule has 0 aromatic carbocycles. The lowest BCUT2D eigenvalue weighted by Crippen LogP contribution is -2.31. The van der Waals surface area contributed by atoms with E-state index in [4.69, 9.17) is 0 Å². The molecule has 2 aliphatic carbocycles. The molecule has 0 aromatic heterocycles. The summed E-state index contributed by atoms with van der Waals surface area (Å²) in [5.41, 5.74) is 0.0426. The third-order valence-electron chi connectivity index (χ3n) is 7.23. The summed E-state index contributed by atoms with van der Waals surface area (Å²) in [6.07, 6.45) is 21.9. The van der Waals surface area contributed by atoms with Crippen molar-refractivity contribution in [3.63, 3.8) is 0 Å².